The first-order valence-electron chi connectivity index (χ1n) is 14.0. The van der Waals surface area contributed by atoms with Crippen LogP contribution in [-0.4, -0.2) is 38.7 Å². The smallest absolute Gasteiger partial charge is 0.294 e. The molecule has 3 aromatic carbocycles. The number of nitrogens with zero attached hydrogens (tertiary/aromatic N) is 3. The number of hydrogen-bond acceptors (Lipinski definition) is 9. The SMILES string of the molecule is CC(C)Nc1ncc(-c2cc(N)cc(C(=O)NCc3ccccc3)c2)n(CC(=O)NCc2ccc(CC=NN)c(O)c2)c1=O. The fraction of sp³-hybridized carbons (Fsp3) is 0.219. The molecule has 4 aromatic rings. The number of anilines is 2. The third-order valence-electron chi connectivity index (χ3n) is 6.65. The van der Waals surface area contributed by atoms with Gasteiger partial charge in [0.05, 0.1) is 11.9 Å². The van der Waals surface area contributed by atoms with Gasteiger partial charge in [0.25, 0.3) is 11.5 Å². The molecule has 12 heteroatoms. The lowest BCUT2D eigenvalue weighted by molar-refractivity contribution is -0.121. The molecule has 0 aliphatic heterocycles. The Balaban J connectivity index is 1.58. The van der Waals surface area contributed by atoms with Crippen LogP contribution in [-0.2, 0) is 30.8 Å². The van der Waals surface area contributed by atoms with Crippen LogP contribution in [0.2, 0.25) is 0 Å². The average Bonchev–Trinajstić information content (AvgIpc) is 3.00. The molecule has 0 saturated heterocycles. The van der Waals surface area contributed by atoms with E-state index in [1.807, 2.05) is 44.2 Å². The number of benzene rings is 3. The van der Waals surface area contributed by atoms with E-state index in [4.69, 9.17) is 11.6 Å². The zero-order valence-corrected chi connectivity index (χ0v) is 24.6. The molecule has 228 valence electrons. The molecule has 0 bridgehead atoms. The van der Waals surface area contributed by atoms with Crippen molar-refractivity contribution in [1.82, 2.24) is 20.2 Å². The number of amides is 2. The summed E-state index contributed by atoms with van der Waals surface area (Å²) in [6.45, 7) is 3.86. The Hall–Kier alpha value is -5.65. The van der Waals surface area contributed by atoms with Crippen molar-refractivity contribution in [3.05, 3.63) is 106 Å². The minimum absolute atomic E-state index is 0.0546. The molecule has 44 heavy (non-hydrogen) atoms. The van der Waals surface area contributed by atoms with Crippen molar-refractivity contribution >= 4 is 29.5 Å². The van der Waals surface area contributed by atoms with E-state index in [-0.39, 0.29) is 36.6 Å². The number of hydrazone groups is 1. The summed E-state index contributed by atoms with van der Waals surface area (Å²) in [5.41, 5.74) is 9.28. The second kappa shape index (κ2) is 14.5. The Morgan fingerprint density at radius 3 is 2.48 bits per heavy atom. The van der Waals surface area contributed by atoms with Crippen LogP contribution in [0, 0.1) is 0 Å². The number of phenols is 1. The predicted octanol–water partition coefficient (Wildman–Crippen LogP) is 2.75. The van der Waals surface area contributed by atoms with Gasteiger partial charge in [-0.1, -0.05) is 42.5 Å². The van der Waals surface area contributed by atoms with Gasteiger partial charge >= 0.3 is 0 Å². The molecule has 1 aromatic heterocycles. The Kier molecular flexibility index (Phi) is 10.3. The summed E-state index contributed by atoms with van der Waals surface area (Å²) in [5, 5.41) is 22.4. The van der Waals surface area contributed by atoms with E-state index in [1.54, 1.807) is 36.4 Å². The molecule has 0 saturated carbocycles. The maximum atomic E-state index is 13.5. The van der Waals surface area contributed by atoms with Crippen LogP contribution < -0.4 is 33.1 Å². The number of rotatable bonds is 12. The lowest BCUT2D eigenvalue weighted by Gasteiger charge is -2.17. The highest BCUT2D eigenvalue weighted by Gasteiger charge is 2.18. The van der Waals surface area contributed by atoms with Crippen molar-refractivity contribution in [3.63, 3.8) is 0 Å². The fourth-order valence-electron chi connectivity index (χ4n) is 4.50. The summed E-state index contributed by atoms with van der Waals surface area (Å²) in [6.07, 6.45) is 3.32. The van der Waals surface area contributed by atoms with Gasteiger partial charge in [0.15, 0.2) is 5.82 Å². The van der Waals surface area contributed by atoms with Gasteiger partial charge < -0.3 is 32.6 Å². The first-order chi connectivity index (χ1) is 21.1. The number of aromatic hydroxyl groups is 1. The number of nitrogen functional groups attached to an aromatic ring is 1. The third kappa shape index (κ3) is 8.22. The first-order valence-corrected chi connectivity index (χ1v) is 14.0. The average molecular weight is 597 g/mol. The summed E-state index contributed by atoms with van der Waals surface area (Å²) < 4.78 is 1.29. The molecule has 12 nitrogen and oxygen atoms in total. The lowest BCUT2D eigenvalue weighted by Crippen LogP contribution is -2.35. The van der Waals surface area contributed by atoms with Gasteiger partial charge in [0.2, 0.25) is 5.91 Å². The van der Waals surface area contributed by atoms with Gasteiger partial charge in [-0.2, -0.15) is 5.10 Å². The Labute approximate surface area is 254 Å². The predicted molar refractivity (Wildman–Crippen MR) is 171 cm³/mol. The topological polar surface area (TPSA) is 190 Å². The van der Waals surface area contributed by atoms with E-state index in [0.29, 0.717) is 46.6 Å². The molecule has 0 spiro atoms. The van der Waals surface area contributed by atoms with Gasteiger partial charge in [-0.15, -0.1) is 0 Å². The van der Waals surface area contributed by atoms with Crippen molar-refractivity contribution in [2.24, 2.45) is 10.9 Å². The summed E-state index contributed by atoms with van der Waals surface area (Å²) in [5.74, 6) is 4.49. The van der Waals surface area contributed by atoms with Crippen LogP contribution in [0.4, 0.5) is 11.5 Å². The van der Waals surface area contributed by atoms with Crippen LogP contribution in [0.15, 0.2) is 82.8 Å². The second-order valence-electron chi connectivity index (χ2n) is 10.5. The van der Waals surface area contributed by atoms with E-state index in [1.165, 1.54) is 17.0 Å². The Bertz CT molecular complexity index is 1720. The number of phenolic OH excluding ortho intramolecular Hbond substituents is 1. The molecule has 0 aliphatic carbocycles. The highest BCUT2D eigenvalue weighted by molar-refractivity contribution is 5.96. The van der Waals surface area contributed by atoms with E-state index >= 15 is 0 Å². The number of nitrogens with one attached hydrogen (secondary N) is 3. The summed E-state index contributed by atoms with van der Waals surface area (Å²) in [6, 6.07) is 19.2. The van der Waals surface area contributed by atoms with Crippen LogP contribution in [0.3, 0.4) is 0 Å². The minimum atomic E-state index is -0.507. The highest BCUT2D eigenvalue weighted by atomic mass is 16.3. The number of aromatic nitrogens is 2. The molecule has 0 unspecified atom stereocenters. The van der Waals surface area contributed by atoms with Crippen molar-refractivity contribution < 1.29 is 14.7 Å². The molecule has 8 N–H and O–H groups in total. The van der Waals surface area contributed by atoms with Crippen LogP contribution in [0.1, 0.15) is 40.9 Å². The van der Waals surface area contributed by atoms with Crippen molar-refractivity contribution in [2.45, 2.75) is 45.9 Å². The van der Waals surface area contributed by atoms with Gasteiger partial charge in [-0.3, -0.25) is 19.0 Å². The Morgan fingerprint density at radius 1 is 1.02 bits per heavy atom. The van der Waals surface area contributed by atoms with Gasteiger partial charge in [-0.25, -0.2) is 4.98 Å². The second-order valence-corrected chi connectivity index (χ2v) is 10.5. The molecule has 4 rings (SSSR count). The monoisotopic (exact) mass is 596 g/mol. The zero-order chi connectivity index (χ0) is 31.6. The standard InChI is InChI=1S/C32H36N8O4/c1-20(2)39-30-32(44)40(19-29(42)35-17-22-8-9-23(10-11-38-34)28(41)12-22)27(18-36-30)24-13-25(15-26(33)14-24)31(43)37-16-21-6-4-3-5-7-21/h3-9,11-15,18,20,41H,10,16-17,19,33-34H2,1-2H3,(H,35,42)(H,36,39)(H,37,43). The van der Waals surface area contributed by atoms with Gasteiger partial charge in [0, 0.05) is 48.6 Å². The molecule has 0 aliphatic rings. The van der Waals surface area contributed by atoms with E-state index < -0.39 is 11.5 Å². The van der Waals surface area contributed by atoms with Crippen LogP contribution >= 0.6 is 0 Å². The summed E-state index contributed by atoms with van der Waals surface area (Å²) >= 11 is 0. The molecular weight excluding hydrogens is 560 g/mol. The number of nitrogens with two attached hydrogens (primary N) is 2. The molecule has 0 radical (unpaired) electrons. The minimum Gasteiger partial charge on any atom is -0.508 e. The largest absolute Gasteiger partial charge is 0.508 e. The Morgan fingerprint density at radius 2 is 1.77 bits per heavy atom. The fourth-order valence-corrected chi connectivity index (χ4v) is 4.50. The van der Waals surface area contributed by atoms with Crippen molar-refractivity contribution in [1.29, 1.82) is 0 Å². The molecule has 0 fully saturated rings. The molecule has 0 atom stereocenters. The van der Waals surface area contributed by atoms with E-state index in [9.17, 15) is 19.5 Å². The van der Waals surface area contributed by atoms with E-state index in [2.05, 4.69) is 26.0 Å². The van der Waals surface area contributed by atoms with Crippen LogP contribution in [0.25, 0.3) is 11.3 Å². The summed E-state index contributed by atoms with van der Waals surface area (Å²) in [4.78, 5) is 44.0. The van der Waals surface area contributed by atoms with Crippen LogP contribution in [0.5, 0.6) is 5.75 Å². The number of carbonyl (C=O) groups excluding carboxylic acids is 2. The first kappa shape index (κ1) is 31.3. The van der Waals surface area contributed by atoms with Gasteiger partial charge in [0.1, 0.15) is 12.3 Å². The third-order valence-corrected chi connectivity index (χ3v) is 6.65. The maximum Gasteiger partial charge on any atom is 0.294 e. The molecule has 1 heterocycles. The number of carbonyl (C=O) groups is 2. The molecule has 2 amide bonds. The van der Waals surface area contributed by atoms with Crippen molar-refractivity contribution in [2.75, 3.05) is 11.1 Å². The normalized spacial score (nSPS) is 11.1. The lowest BCUT2D eigenvalue weighted by atomic mass is 10.1. The maximum absolute atomic E-state index is 13.5. The zero-order valence-electron chi connectivity index (χ0n) is 24.6. The summed E-state index contributed by atoms with van der Waals surface area (Å²) in [7, 11) is 0. The molecular formula is C32H36N8O4. The van der Waals surface area contributed by atoms with Crippen molar-refractivity contribution in [3.8, 4) is 17.0 Å². The van der Waals surface area contributed by atoms with E-state index in [0.717, 1.165) is 5.56 Å². The highest BCUT2D eigenvalue weighted by Crippen LogP contribution is 2.24. The quantitative estimate of drug-likeness (QED) is 0.0623. The number of hydrogen-bond donors (Lipinski definition) is 6. The van der Waals surface area contributed by atoms with Gasteiger partial charge in [-0.05, 0) is 54.8 Å².